The molecule has 0 radical (unpaired) electrons. The van der Waals surface area contributed by atoms with E-state index in [1.165, 1.54) is 4.88 Å². The summed E-state index contributed by atoms with van der Waals surface area (Å²) in [6.45, 7) is 4.94. The Morgan fingerprint density at radius 2 is 2.00 bits per heavy atom. The Morgan fingerprint density at radius 1 is 1.26 bits per heavy atom. The molecule has 8 heteroatoms. The molecule has 2 aliphatic rings. The van der Waals surface area contributed by atoms with Crippen molar-refractivity contribution in [2.45, 2.75) is 51.2 Å². The third-order valence-corrected chi connectivity index (χ3v) is 6.85. The van der Waals surface area contributed by atoms with Crippen LogP contribution in [0.1, 0.15) is 43.2 Å². The fraction of sp³-hybridized carbons (Fsp3) is 0.478. The highest BCUT2D eigenvalue weighted by Crippen LogP contribution is 2.35. The van der Waals surface area contributed by atoms with Crippen LogP contribution in [0.2, 0.25) is 5.02 Å². The third kappa shape index (κ3) is 5.33. The van der Waals surface area contributed by atoms with Crippen molar-refractivity contribution >= 4 is 34.9 Å². The quantitative estimate of drug-likeness (QED) is 0.660. The Hall–Kier alpha value is -2.25. The summed E-state index contributed by atoms with van der Waals surface area (Å²) in [6, 6.07) is 9.18. The standard InChI is InChI=1S/C23H28ClN3O3S/c1-15(2)25-23(29)27(17-5-6-17)13-22(28)26-11-9-21-19(10-12-31-21)20(26)14-30-18-7-3-16(24)4-8-18/h3-4,7-8,10,12,15,17,20H,5-6,9,11,13-14H2,1-2H3,(H,25,29)/t20-/m0/s1. The summed E-state index contributed by atoms with van der Waals surface area (Å²) < 4.78 is 6.03. The van der Waals surface area contributed by atoms with E-state index < -0.39 is 0 Å². The van der Waals surface area contributed by atoms with Gasteiger partial charge in [-0.3, -0.25) is 4.79 Å². The van der Waals surface area contributed by atoms with Gasteiger partial charge in [-0.05, 0) is 74.4 Å². The Morgan fingerprint density at radius 3 is 2.68 bits per heavy atom. The summed E-state index contributed by atoms with van der Waals surface area (Å²) in [7, 11) is 0. The molecule has 1 aliphatic heterocycles. The lowest BCUT2D eigenvalue weighted by Gasteiger charge is -2.37. The van der Waals surface area contributed by atoms with Gasteiger partial charge in [0.2, 0.25) is 5.91 Å². The first-order valence-electron chi connectivity index (χ1n) is 10.7. The van der Waals surface area contributed by atoms with E-state index in [0.29, 0.717) is 18.2 Å². The summed E-state index contributed by atoms with van der Waals surface area (Å²) >= 11 is 7.69. The molecule has 3 amide bonds. The second kappa shape index (κ2) is 9.49. The minimum absolute atomic E-state index is 0.0348. The summed E-state index contributed by atoms with van der Waals surface area (Å²) in [5.41, 5.74) is 1.14. The van der Waals surface area contributed by atoms with Crippen LogP contribution in [0.15, 0.2) is 35.7 Å². The number of rotatable bonds is 7. The van der Waals surface area contributed by atoms with Gasteiger partial charge in [0, 0.05) is 28.5 Å². The van der Waals surface area contributed by atoms with Crippen LogP contribution in [0.4, 0.5) is 4.79 Å². The number of amides is 3. The van der Waals surface area contributed by atoms with Crippen molar-refractivity contribution in [2.75, 3.05) is 19.7 Å². The SMILES string of the molecule is CC(C)NC(=O)N(CC(=O)N1CCc2sccc2[C@@H]1COc1ccc(Cl)cc1)C1CC1. The zero-order valence-corrected chi connectivity index (χ0v) is 19.4. The summed E-state index contributed by atoms with van der Waals surface area (Å²) in [5, 5.41) is 5.65. The van der Waals surface area contributed by atoms with Crippen molar-refractivity contribution < 1.29 is 14.3 Å². The lowest BCUT2D eigenvalue weighted by atomic mass is 10.0. The monoisotopic (exact) mass is 461 g/mol. The molecule has 0 saturated heterocycles. The first-order valence-corrected chi connectivity index (χ1v) is 12.0. The number of carbonyl (C=O) groups is 2. The van der Waals surface area contributed by atoms with E-state index in [1.54, 1.807) is 28.4 Å². The van der Waals surface area contributed by atoms with E-state index in [1.807, 2.05) is 30.9 Å². The molecular weight excluding hydrogens is 434 g/mol. The zero-order valence-electron chi connectivity index (χ0n) is 17.8. The number of fused-ring (bicyclic) bond motifs is 1. The number of urea groups is 1. The molecule has 1 aliphatic carbocycles. The average Bonchev–Trinajstić information content (AvgIpc) is 3.46. The molecule has 0 bridgehead atoms. The van der Waals surface area contributed by atoms with E-state index in [-0.39, 0.29) is 36.6 Å². The van der Waals surface area contributed by atoms with Gasteiger partial charge >= 0.3 is 6.03 Å². The lowest BCUT2D eigenvalue weighted by Crippen LogP contribution is -2.51. The topological polar surface area (TPSA) is 61.9 Å². The number of thiophene rings is 1. The molecule has 2 aromatic rings. The highest BCUT2D eigenvalue weighted by molar-refractivity contribution is 7.10. The van der Waals surface area contributed by atoms with Crippen LogP contribution >= 0.6 is 22.9 Å². The fourth-order valence-electron chi connectivity index (χ4n) is 3.90. The van der Waals surface area contributed by atoms with Crippen LogP contribution in [-0.2, 0) is 11.2 Å². The van der Waals surface area contributed by atoms with Gasteiger partial charge in [0.1, 0.15) is 18.9 Å². The van der Waals surface area contributed by atoms with Gasteiger partial charge in [0.05, 0.1) is 6.04 Å². The largest absolute Gasteiger partial charge is 0.491 e. The second-order valence-corrected chi connectivity index (χ2v) is 9.82. The third-order valence-electron chi connectivity index (χ3n) is 5.60. The smallest absolute Gasteiger partial charge is 0.318 e. The Labute approximate surface area is 192 Å². The molecule has 6 nitrogen and oxygen atoms in total. The van der Waals surface area contributed by atoms with E-state index in [4.69, 9.17) is 16.3 Å². The van der Waals surface area contributed by atoms with Gasteiger partial charge in [0.25, 0.3) is 0 Å². The van der Waals surface area contributed by atoms with E-state index in [2.05, 4.69) is 16.8 Å². The van der Waals surface area contributed by atoms with E-state index >= 15 is 0 Å². The summed E-state index contributed by atoms with van der Waals surface area (Å²) in [4.78, 5) is 30.9. The molecule has 1 fully saturated rings. The van der Waals surface area contributed by atoms with Gasteiger partial charge in [-0.2, -0.15) is 0 Å². The molecule has 1 aromatic heterocycles. The minimum Gasteiger partial charge on any atom is -0.491 e. The maximum atomic E-state index is 13.4. The van der Waals surface area contributed by atoms with Crippen molar-refractivity contribution in [3.8, 4) is 5.75 Å². The number of carbonyl (C=O) groups excluding carboxylic acids is 2. The molecule has 166 valence electrons. The molecule has 1 N–H and O–H groups in total. The number of benzene rings is 1. The molecular formula is C23H28ClN3O3S. The second-order valence-electron chi connectivity index (χ2n) is 8.38. The number of ether oxygens (including phenoxy) is 1. The highest BCUT2D eigenvalue weighted by atomic mass is 35.5. The van der Waals surface area contributed by atoms with Crippen LogP contribution in [0.25, 0.3) is 0 Å². The van der Waals surface area contributed by atoms with Gasteiger partial charge in [-0.1, -0.05) is 11.6 Å². The van der Waals surface area contributed by atoms with Crippen LogP contribution in [0.5, 0.6) is 5.75 Å². The molecule has 1 saturated carbocycles. The molecule has 1 atom stereocenters. The van der Waals surface area contributed by atoms with Crippen molar-refractivity contribution in [3.05, 3.63) is 51.2 Å². The Balaban J connectivity index is 1.48. The number of hydrogen-bond donors (Lipinski definition) is 1. The first kappa shape index (κ1) is 22.0. The zero-order chi connectivity index (χ0) is 22.0. The molecule has 0 spiro atoms. The van der Waals surface area contributed by atoms with Gasteiger partial charge < -0.3 is 19.9 Å². The fourth-order valence-corrected chi connectivity index (χ4v) is 4.95. The maximum Gasteiger partial charge on any atom is 0.318 e. The Bertz CT molecular complexity index is 926. The van der Waals surface area contributed by atoms with Crippen molar-refractivity contribution in [1.82, 2.24) is 15.1 Å². The lowest BCUT2D eigenvalue weighted by molar-refractivity contribution is -0.135. The molecule has 1 aromatic carbocycles. The van der Waals surface area contributed by atoms with Crippen molar-refractivity contribution in [3.63, 3.8) is 0 Å². The van der Waals surface area contributed by atoms with E-state index in [0.717, 1.165) is 30.6 Å². The van der Waals surface area contributed by atoms with Crippen LogP contribution in [0, 0.1) is 0 Å². The maximum absolute atomic E-state index is 13.4. The molecule has 2 heterocycles. The molecule has 4 rings (SSSR count). The summed E-state index contributed by atoms with van der Waals surface area (Å²) in [6.07, 6.45) is 2.74. The molecule has 31 heavy (non-hydrogen) atoms. The predicted molar refractivity (Wildman–Crippen MR) is 123 cm³/mol. The average molecular weight is 462 g/mol. The number of nitrogens with one attached hydrogen (secondary N) is 1. The minimum atomic E-state index is -0.174. The molecule has 0 unspecified atom stereocenters. The number of hydrogen-bond acceptors (Lipinski definition) is 4. The predicted octanol–water partition coefficient (Wildman–Crippen LogP) is 4.49. The van der Waals surface area contributed by atoms with Gasteiger partial charge in [0.15, 0.2) is 0 Å². The van der Waals surface area contributed by atoms with Crippen molar-refractivity contribution in [1.29, 1.82) is 0 Å². The van der Waals surface area contributed by atoms with Gasteiger partial charge in [-0.15, -0.1) is 11.3 Å². The summed E-state index contributed by atoms with van der Waals surface area (Å²) in [5.74, 6) is 0.683. The Kier molecular flexibility index (Phi) is 6.72. The highest BCUT2D eigenvalue weighted by Gasteiger charge is 2.38. The van der Waals surface area contributed by atoms with E-state index in [9.17, 15) is 9.59 Å². The normalized spacial score (nSPS) is 17.9. The number of nitrogens with zero attached hydrogens (tertiary/aromatic N) is 2. The van der Waals surface area contributed by atoms with Gasteiger partial charge in [-0.25, -0.2) is 4.79 Å². The first-order chi connectivity index (χ1) is 14.9. The number of halogens is 1. The van der Waals surface area contributed by atoms with Crippen LogP contribution in [-0.4, -0.2) is 53.5 Å². The van der Waals surface area contributed by atoms with Crippen LogP contribution < -0.4 is 10.1 Å². The van der Waals surface area contributed by atoms with Crippen molar-refractivity contribution in [2.24, 2.45) is 0 Å². The van der Waals surface area contributed by atoms with Crippen LogP contribution in [0.3, 0.4) is 0 Å².